The number of fused-ring (bicyclic) bond motifs is 1. The van der Waals surface area contributed by atoms with Crippen molar-refractivity contribution in [2.24, 2.45) is 0 Å². The number of aryl methyl sites for hydroxylation is 3. The van der Waals surface area contributed by atoms with Crippen molar-refractivity contribution in [2.75, 3.05) is 5.75 Å². The number of benzene rings is 1. The third-order valence-corrected chi connectivity index (χ3v) is 5.27. The van der Waals surface area contributed by atoms with Gasteiger partial charge in [-0.25, -0.2) is 4.79 Å². The second kappa shape index (κ2) is 8.43. The fraction of sp³-hybridized carbons (Fsp3) is 0.350. The van der Waals surface area contributed by atoms with Crippen molar-refractivity contribution in [3.8, 4) is 0 Å². The molecule has 0 N–H and O–H groups in total. The van der Waals surface area contributed by atoms with Crippen LogP contribution in [0.5, 0.6) is 0 Å². The summed E-state index contributed by atoms with van der Waals surface area (Å²) in [7, 11) is 0. The van der Waals surface area contributed by atoms with Crippen LogP contribution in [0.15, 0.2) is 38.0 Å². The second-order valence-corrected chi connectivity index (χ2v) is 7.22. The molecule has 0 saturated heterocycles. The molecule has 0 spiro atoms. The Hall–Kier alpha value is -2.54. The van der Waals surface area contributed by atoms with Gasteiger partial charge in [-0.15, -0.1) is 11.8 Å². The third-order valence-electron chi connectivity index (χ3n) is 4.34. The topological polar surface area (TPSA) is 82.5 Å². The predicted molar refractivity (Wildman–Crippen MR) is 104 cm³/mol. The smallest absolute Gasteiger partial charge is 0.336 e. The van der Waals surface area contributed by atoms with E-state index in [1.54, 1.807) is 0 Å². The van der Waals surface area contributed by atoms with Crippen molar-refractivity contribution in [3.05, 3.63) is 62.8 Å². The fourth-order valence-electron chi connectivity index (χ4n) is 2.76. The van der Waals surface area contributed by atoms with Gasteiger partial charge < -0.3 is 13.7 Å². The molecule has 0 aliphatic heterocycles. The van der Waals surface area contributed by atoms with Crippen LogP contribution in [0, 0.1) is 13.8 Å². The Morgan fingerprint density at radius 2 is 2.07 bits per heavy atom. The molecule has 0 atom stereocenters. The van der Waals surface area contributed by atoms with Crippen LogP contribution in [-0.2, 0) is 28.3 Å². The number of carbonyl (C=O) groups is 1. The van der Waals surface area contributed by atoms with Gasteiger partial charge in [-0.2, -0.15) is 0 Å². The van der Waals surface area contributed by atoms with Crippen LogP contribution in [0.2, 0.25) is 0 Å². The summed E-state index contributed by atoms with van der Waals surface area (Å²) in [5, 5.41) is 4.68. The minimum Gasteiger partial charge on any atom is -0.460 e. The van der Waals surface area contributed by atoms with Crippen LogP contribution >= 0.6 is 11.8 Å². The number of esters is 1. The van der Waals surface area contributed by atoms with Crippen molar-refractivity contribution in [3.63, 3.8) is 0 Å². The Labute approximate surface area is 160 Å². The van der Waals surface area contributed by atoms with E-state index in [4.69, 9.17) is 13.7 Å². The lowest BCUT2D eigenvalue weighted by molar-refractivity contribution is -0.141. The summed E-state index contributed by atoms with van der Waals surface area (Å²) in [5.74, 6) is 1.28. The van der Waals surface area contributed by atoms with E-state index < -0.39 is 5.63 Å². The first kappa shape index (κ1) is 19.2. The molecule has 1 aromatic carbocycles. The van der Waals surface area contributed by atoms with Gasteiger partial charge in [0, 0.05) is 28.3 Å². The normalized spacial score (nSPS) is 11.1. The highest BCUT2D eigenvalue weighted by molar-refractivity contribution is 7.99. The minimum atomic E-state index is -0.449. The quantitative estimate of drug-likeness (QED) is 0.448. The number of ether oxygens (including phenoxy) is 1. The lowest BCUT2D eigenvalue weighted by Gasteiger charge is -2.08. The minimum absolute atomic E-state index is 0.0400. The highest BCUT2D eigenvalue weighted by Crippen LogP contribution is 2.21. The highest BCUT2D eigenvalue weighted by Gasteiger charge is 2.12. The molecule has 2 aromatic heterocycles. The Bertz CT molecular complexity index is 1000. The van der Waals surface area contributed by atoms with Crippen LogP contribution in [0.25, 0.3) is 11.0 Å². The molecule has 0 bridgehead atoms. The van der Waals surface area contributed by atoms with Crippen molar-refractivity contribution in [2.45, 2.75) is 39.6 Å². The van der Waals surface area contributed by atoms with Crippen molar-refractivity contribution in [1.29, 1.82) is 0 Å². The summed E-state index contributed by atoms with van der Waals surface area (Å²) >= 11 is 1.44. The maximum atomic E-state index is 12.1. The third kappa shape index (κ3) is 4.60. The number of hydrogen-bond donors (Lipinski definition) is 0. The van der Waals surface area contributed by atoms with E-state index in [9.17, 15) is 9.59 Å². The van der Waals surface area contributed by atoms with Gasteiger partial charge in [-0.3, -0.25) is 4.79 Å². The van der Waals surface area contributed by atoms with E-state index in [0.29, 0.717) is 16.9 Å². The van der Waals surface area contributed by atoms with Gasteiger partial charge in [0.05, 0.1) is 11.4 Å². The van der Waals surface area contributed by atoms with E-state index in [1.807, 2.05) is 39.0 Å². The first-order valence-corrected chi connectivity index (χ1v) is 9.84. The van der Waals surface area contributed by atoms with Gasteiger partial charge in [0.2, 0.25) is 0 Å². The van der Waals surface area contributed by atoms with E-state index in [-0.39, 0.29) is 18.3 Å². The van der Waals surface area contributed by atoms with Crippen LogP contribution < -0.4 is 5.63 Å². The van der Waals surface area contributed by atoms with Crippen molar-refractivity contribution >= 4 is 28.7 Å². The molecular weight excluding hydrogens is 366 g/mol. The van der Waals surface area contributed by atoms with Crippen LogP contribution in [0.3, 0.4) is 0 Å². The molecule has 0 saturated carbocycles. The molecule has 3 rings (SSSR count). The zero-order valence-electron chi connectivity index (χ0n) is 15.5. The standard InChI is InChI=1S/C20H21NO5S/c1-4-14-5-6-16-15(8-19(22)25-18(16)7-14)9-24-20(23)11-27-10-17-12(2)21-26-13(17)3/h5-8H,4,9-11H2,1-3H3. The first-order chi connectivity index (χ1) is 13.0. The maximum Gasteiger partial charge on any atom is 0.336 e. The summed E-state index contributed by atoms with van der Waals surface area (Å²) in [6.07, 6.45) is 0.848. The number of nitrogens with zero attached hydrogens (tertiary/aromatic N) is 1. The average molecular weight is 387 g/mol. The molecule has 0 unspecified atom stereocenters. The van der Waals surface area contributed by atoms with Gasteiger partial charge in [0.25, 0.3) is 0 Å². The number of thioether (sulfide) groups is 1. The summed E-state index contributed by atoms with van der Waals surface area (Å²) in [4.78, 5) is 23.8. The van der Waals surface area contributed by atoms with E-state index in [0.717, 1.165) is 34.4 Å². The molecule has 27 heavy (non-hydrogen) atoms. The number of carbonyl (C=O) groups excluding carboxylic acids is 1. The molecule has 2 heterocycles. The van der Waals surface area contributed by atoms with Crippen molar-refractivity contribution < 1.29 is 18.5 Å². The maximum absolute atomic E-state index is 12.1. The van der Waals surface area contributed by atoms with Gasteiger partial charge in [-0.05, 0) is 31.9 Å². The fourth-order valence-corrected chi connectivity index (χ4v) is 3.73. The molecule has 142 valence electrons. The number of hydrogen-bond acceptors (Lipinski definition) is 7. The first-order valence-electron chi connectivity index (χ1n) is 8.68. The Morgan fingerprint density at radius 3 is 2.78 bits per heavy atom. The zero-order chi connectivity index (χ0) is 19.4. The molecule has 3 aromatic rings. The number of aromatic nitrogens is 1. The largest absolute Gasteiger partial charge is 0.460 e. The monoisotopic (exact) mass is 387 g/mol. The molecule has 0 amide bonds. The van der Waals surface area contributed by atoms with Crippen LogP contribution in [-0.4, -0.2) is 16.9 Å². The molecule has 0 radical (unpaired) electrons. The van der Waals surface area contributed by atoms with Crippen LogP contribution in [0.1, 0.15) is 35.1 Å². The lowest BCUT2D eigenvalue weighted by atomic mass is 10.1. The molecule has 0 aliphatic rings. The number of rotatable bonds is 7. The van der Waals surface area contributed by atoms with Gasteiger partial charge in [-0.1, -0.05) is 24.2 Å². The average Bonchev–Trinajstić information content (AvgIpc) is 2.97. The second-order valence-electron chi connectivity index (χ2n) is 6.23. The Kier molecular flexibility index (Phi) is 6.01. The summed E-state index contributed by atoms with van der Waals surface area (Å²) in [5.41, 5.74) is 3.63. The molecule has 7 heteroatoms. The Balaban J connectivity index is 1.61. The van der Waals surface area contributed by atoms with Gasteiger partial charge >= 0.3 is 11.6 Å². The van der Waals surface area contributed by atoms with Gasteiger partial charge in [0.1, 0.15) is 18.0 Å². The van der Waals surface area contributed by atoms with E-state index in [1.165, 1.54) is 17.8 Å². The predicted octanol–water partition coefficient (Wildman–Crippen LogP) is 3.94. The molecule has 6 nitrogen and oxygen atoms in total. The van der Waals surface area contributed by atoms with Gasteiger partial charge in [0.15, 0.2) is 0 Å². The highest BCUT2D eigenvalue weighted by atomic mass is 32.2. The van der Waals surface area contributed by atoms with Crippen molar-refractivity contribution in [1.82, 2.24) is 5.16 Å². The zero-order valence-corrected chi connectivity index (χ0v) is 16.4. The van der Waals surface area contributed by atoms with E-state index >= 15 is 0 Å². The summed E-state index contributed by atoms with van der Waals surface area (Å²) in [6, 6.07) is 7.10. The molecular formula is C20H21NO5S. The van der Waals surface area contributed by atoms with Crippen LogP contribution in [0.4, 0.5) is 0 Å². The molecule has 0 aliphatic carbocycles. The SMILES string of the molecule is CCc1ccc2c(COC(=O)CSCc3c(C)noc3C)cc(=O)oc2c1. The summed E-state index contributed by atoms with van der Waals surface area (Å²) in [6.45, 7) is 5.80. The van der Waals surface area contributed by atoms with E-state index in [2.05, 4.69) is 5.16 Å². The lowest BCUT2D eigenvalue weighted by Crippen LogP contribution is -2.09. The Morgan fingerprint density at radius 1 is 1.26 bits per heavy atom. The summed E-state index contributed by atoms with van der Waals surface area (Å²) < 4.78 is 15.7. The molecule has 0 fully saturated rings.